The zero-order valence-electron chi connectivity index (χ0n) is 14.1. The number of rotatable bonds is 6. The van der Waals surface area contributed by atoms with Gasteiger partial charge in [-0.3, -0.25) is 4.79 Å². The number of carbonyl (C=O) groups excluding carboxylic acids is 1. The van der Waals surface area contributed by atoms with Gasteiger partial charge in [-0.05, 0) is 39.8 Å². The minimum Gasteiger partial charge on any atom is -0.462 e. The van der Waals surface area contributed by atoms with Crippen LogP contribution in [0.1, 0.15) is 41.5 Å². The molecule has 0 bridgehead atoms. The fourth-order valence-electron chi connectivity index (χ4n) is 1.46. The second-order valence-corrected chi connectivity index (χ2v) is 6.49. The summed E-state index contributed by atoms with van der Waals surface area (Å²) in [5.41, 5.74) is -0.764. The summed E-state index contributed by atoms with van der Waals surface area (Å²) in [6.07, 6.45) is -0.119. The summed E-state index contributed by atoms with van der Waals surface area (Å²) in [7, 11) is -0.953. The van der Waals surface area contributed by atoms with Crippen LogP contribution in [0.25, 0.3) is 0 Å². The first-order valence-electron chi connectivity index (χ1n) is 7.27. The van der Waals surface area contributed by atoms with E-state index in [4.69, 9.17) is 9.26 Å². The molecule has 1 N–H and O–H groups in total. The summed E-state index contributed by atoms with van der Waals surface area (Å²) in [6, 6.07) is 9.54. The van der Waals surface area contributed by atoms with Gasteiger partial charge in [0.2, 0.25) is 0 Å². The van der Waals surface area contributed by atoms with Crippen molar-refractivity contribution in [2.24, 2.45) is 0 Å². The molecule has 0 aromatic heterocycles. The Morgan fingerprint density at radius 3 is 2.19 bits per heavy atom. The van der Waals surface area contributed by atoms with Crippen molar-refractivity contribution in [1.29, 1.82) is 0 Å². The molecule has 120 valence electrons. The minimum atomic E-state index is -0.953. The van der Waals surface area contributed by atoms with Crippen molar-refractivity contribution in [1.82, 2.24) is 5.09 Å². The molecular formula is C16H28NO3P. The molecular weight excluding hydrogens is 285 g/mol. The van der Waals surface area contributed by atoms with Crippen molar-refractivity contribution in [3.05, 3.63) is 30.3 Å². The number of esters is 1. The number of carbonyl (C=O) groups is 1. The van der Waals surface area contributed by atoms with Crippen LogP contribution in [0.3, 0.4) is 0 Å². The maximum atomic E-state index is 11.9. The Kier molecular flexibility index (Phi) is 9.23. The SMILES string of the molecule is CC.CC(C)OC(=O)C(C)(C)NP(C)Oc1ccccc1. The van der Waals surface area contributed by atoms with Crippen LogP contribution in [0.4, 0.5) is 0 Å². The van der Waals surface area contributed by atoms with Crippen molar-refractivity contribution >= 4 is 14.3 Å². The second kappa shape index (κ2) is 9.75. The van der Waals surface area contributed by atoms with E-state index in [0.717, 1.165) is 5.75 Å². The third-order valence-corrected chi connectivity index (χ3v) is 3.63. The number of hydrogen-bond acceptors (Lipinski definition) is 4. The highest BCUT2D eigenvalue weighted by atomic mass is 31.2. The van der Waals surface area contributed by atoms with Gasteiger partial charge in [-0.25, -0.2) is 5.09 Å². The molecule has 0 saturated carbocycles. The van der Waals surface area contributed by atoms with Crippen LogP contribution in [0, 0.1) is 0 Å². The monoisotopic (exact) mass is 313 g/mol. The van der Waals surface area contributed by atoms with Crippen LogP contribution >= 0.6 is 8.30 Å². The Morgan fingerprint density at radius 1 is 1.19 bits per heavy atom. The van der Waals surface area contributed by atoms with Gasteiger partial charge in [0.1, 0.15) is 11.3 Å². The maximum absolute atomic E-state index is 11.9. The molecule has 1 atom stereocenters. The van der Waals surface area contributed by atoms with Crippen molar-refractivity contribution in [2.75, 3.05) is 6.66 Å². The van der Waals surface area contributed by atoms with Gasteiger partial charge in [-0.2, -0.15) is 0 Å². The Morgan fingerprint density at radius 2 is 1.71 bits per heavy atom. The smallest absolute Gasteiger partial charge is 0.326 e. The van der Waals surface area contributed by atoms with Crippen molar-refractivity contribution in [2.45, 2.75) is 53.2 Å². The maximum Gasteiger partial charge on any atom is 0.326 e. The number of nitrogens with one attached hydrogen (secondary N) is 1. The van der Waals surface area contributed by atoms with Crippen LogP contribution in [0.5, 0.6) is 5.75 Å². The fraction of sp³-hybridized carbons (Fsp3) is 0.562. The highest BCUT2D eigenvalue weighted by molar-refractivity contribution is 7.50. The molecule has 1 aromatic carbocycles. The third-order valence-electron chi connectivity index (χ3n) is 2.28. The summed E-state index contributed by atoms with van der Waals surface area (Å²) in [4.78, 5) is 11.9. The number of hydrogen-bond donors (Lipinski definition) is 1. The Bertz CT molecular complexity index is 407. The van der Waals surface area contributed by atoms with Gasteiger partial charge in [0.15, 0.2) is 8.30 Å². The molecule has 5 heteroatoms. The lowest BCUT2D eigenvalue weighted by molar-refractivity contribution is -0.153. The van der Waals surface area contributed by atoms with Gasteiger partial charge in [-0.1, -0.05) is 32.0 Å². The van der Waals surface area contributed by atoms with Gasteiger partial charge in [-0.15, -0.1) is 0 Å². The predicted molar refractivity (Wildman–Crippen MR) is 89.7 cm³/mol. The molecule has 0 spiro atoms. The predicted octanol–water partition coefficient (Wildman–Crippen LogP) is 4.35. The van der Waals surface area contributed by atoms with Crippen LogP contribution in [-0.4, -0.2) is 24.3 Å². The second-order valence-electron chi connectivity index (χ2n) is 5.09. The molecule has 0 saturated heterocycles. The van der Waals surface area contributed by atoms with Crippen LogP contribution in [0.2, 0.25) is 0 Å². The minimum absolute atomic E-state index is 0.119. The zero-order valence-corrected chi connectivity index (χ0v) is 15.0. The van der Waals surface area contributed by atoms with Crippen LogP contribution < -0.4 is 9.61 Å². The molecule has 0 aliphatic rings. The molecule has 0 radical (unpaired) electrons. The molecule has 0 amide bonds. The number of para-hydroxylation sites is 1. The van der Waals surface area contributed by atoms with Crippen molar-refractivity contribution in [3.8, 4) is 5.75 Å². The average Bonchev–Trinajstić information content (AvgIpc) is 2.40. The van der Waals surface area contributed by atoms with Gasteiger partial charge in [0.25, 0.3) is 0 Å². The van der Waals surface area contributed by atoms with E-state index in [9.17, 15) is 4.79 Å². The van der Waals surface area contributed by atoms with E-state index >= 15 is 0 Å². The summed E-state index contributed by atoms with van der Waals surface area (Å²) in [5, 5.41) is 3.18. The summed E-state index contributed by atoms with van der Waals surface area (Å²) < 4.78 is 11.0. The van der Waals surface area contributed by atoms with Gasteiger partial charge in [0.05, 0.1) is 6.10 Å². The highest BCUT2D eigenvalue weighted by Crippen LogP contribution is 2.32. The van der Waals surface area contributed by atoms with Gasteiger partial charge < -0.3 is 9.26 Å². The normalized spacial score (nSPS) is 12.2. The Hall–Kier alpha value is -1.12. The van der Waals surface area contributed by atoms with E-state index in [-0.39, 0.29) is 12.1 Å². The molecule has 0 heterocycles. The number of ether oxygens (including phenoxy) is 1. The molecule has 4 nitrogen and oxygen atoms in total. The average molecular weight is 313 g/mol. The standard InChI is InChI=1S/C14H22NO3P.C2H6/c1-11(2)17-13(16)14(3,4)15-19(5)18-12-9-7-6-8-10-12;1-2/h6-11,15H,1-5H3;1-2H3. The Labute approximate surface area is 130 Å². The van der Waals surface area contributed by atoms with E-state index in [1.165, 1.54) is 0 Å². The zero-order chi connectivity index (χ0) is 16.5. The van der Waals surface area contributed by atoms with E-state index in [1.54, 1.807) is 13.8 Å². The molecule has 0 fully saturated rings. The summed E-state index contributed by atoms with van der Waals surface area (Å²) in [6.45, 7) is 13.2. The van der Waals surface area contributed by atoms with Crippen molar-refractivity contribution in [3.63, 3.8) is 0 Å². The first kappa shape index (κ1) is 19.9. The van der Waals surface area contributed by atoms with E-state index in [2.05, 4.69) is 5.09 Å². The fourth-order valence-corrected chi connectivity index (χ4v) is 2.83. The largest absolute Gasteiger partial charge is 0.462 e. The lowest BCUT2D eigenvalue weighted by Gasteiger charge is -2.28. The molecule has 1 unspecified atom stereocenters. The third kappa shape index (κ3) is 8.03. The quantitative estimate of drug-likeness (QED) is 0.626. The van der Waals surface area contributed by atoms with Crippen molar-refractivity contribution < 1.29 is 14.1 Å². The first-order chi connectivity index (χ1) is 9.81. The summed E-state index contributed by atoms with van der Waals surface area (Å²) in [5.74, 6) is 0.519. The lowest BCUT2D eigenvalue weighted by Crippen LogP contribution is -2.46. The highest BCUT2D eigenvalue weighted by Gasteiger charge is 2.32. The van der Waals surface area contributed by atoms with Crippen LogP contribution in [0.15, 0.2) is 30.3 Å². The Balaban J connectivity index is 0.00000191. The first-order valence-corrected chi connectivity index (χ1v) is 8.97. The lowest BCUT2D eigenvalue weighted by atomic mass is 10.1. The molecule has 0 aliphatic carbocycles. The van der Waals surface area contributed by atoms with E-state index < -0.39 is 13.8 Å². The molecule has 1 rings (SSSR count). The van der Waals surface area contributed by atoms with E-state index in [0.29, 0.717) is 0 Å². The molecule has 1 aromatic rings. The topological polar surface area (TPSA) is 47.6 Å². The van der Waals surface area contributed by atoms with Crippen LogP contribution in [-0.2, 0) is 9.53 Å². The van der Waals surface area contributed by atoms with Gasteiger partial charge >= 0.3 is 5.97 Å². The summed E-state index contributed by atoms with van der Waals surface area (Å²) >= 11 is 0. The van der Waals surface area contributed by atoms with Gasteiger partial charge in [0, 0.05) is 6.66 Å². The van der Waals surface area contributed by atoms with E-state index in [1.807, 2.05) is 64.7 Å². The molecule has 21 heavy (non-hydrogen) atoms. The molecule has 0 aliphatic heterocycles. The number of benzene rings is 1.